The van der Waals surface area contributed by atoms with Crippen LogP contribution in [0.2, 0.25) is 0 Å². The fraction of sp³-hybridized carbons (Fsp3) is 0.500. The maximum Gasteiger partial charge on any atom is 0.224 e. The third kappa shape index (κ3) is 5.50. The number of hydrogen-bond acceptors (Lipinski definition) is 6. The van der Waals surface area contributed by atoms with Gasteiger partial charge in [0.05, 0.1) is 26.7 Å². The van der Waals surface area contributed by atoms with Gasteiger partial charge in [-0.25, -0.2) is 0 Å². The number of nitrogens with one attached hydrogen (secondary N) is 1. The van der Waals surface area contributed by atoms with Crippen LogP contribution >= 0.6 is 11.3 Å². The number of ether oxygens (including phenoxy) is 2. The van der Waals surface area contributed by atoms with E-state index >= 15 is 0 Å². The maximum absolute atomic E-state index is 12.8. The highest BCUT2D eigenvalue weighted by Gasteiger charge is 2.30. The van der Waals surface area contributed by atoms with Crippen molar-refractivity contribution >= 4 is 17.2 Å². The number of hydrogen-bond donors (Lipinski definition) is 1. The van der Waals surface area contributed by atoms with Gasteiger partial charge in [0.25, 0.3) is 0 Å². The monoisotopic (exact) mass is 417 g/mol. The quantitative estimate of drug-likeness (QED) is 0.716. The van der Waals surface area contributed by atoms with Gasteiger partial charge in [-0.1, -0.05) is 12.1 Å². The average molecular weight is 418 g/mol. The Hall–Kier alpha value is -2.09. The van der Waals surface area contributed by atoms with Crippen molar-refractivity contribution in [1.82, 2.24) is 15.1 Å². The van der Waals surface area contributed by atoms with Crippen molar-refractivity contribution < 1.29 is 14.3 Å². The minimum absolute atomic E-state index is 0.0143. The van der Waals surface area contributed by atoms with Crippen molar-refractivity contribution in [2.24, 2.45) is 0 Å². The van der Waals surface area contributed by atoms with E-state index in [1.165, 1.54) is 4.88 Å². The second-order valence-corrected chi connectivity index (χ2v) is 8.50. The highest BCUT2D eigenvalue weighted by atomic mass is 32.1. The van der Waals surface area contributed by atoms with Gasteiger partial charge < -0.3 is 19.7 Å². The molecule has 2 aromatic rings. The molecule has 0 bridgehead atoms. The Morgan fingerprint density at radius 1 is 1.14 bits per heavy atom. The van der Waals surface area contributed by atoms with E-state index in [2.05, 4.69) is 46.6 Å². The summed E-state index contributed by atoms with van der Waals surface area (Å²) in [6, 6.07) is 10.1. The number of rotatable bonds is 8. The molecule has 0 aliphatic carbocycles. The van der Waals surface area contributed by atoms with Crippen molar-refractivity contribution in [3.8, 4) is 11.5 Å². The highest BCUT2D eigenvalue weighted by molar-refractivity contribution is 7.10. The smallest absolute Gasteiger partial charge is 0.224 e. The van der Waals surface area contributed by atoms with E-state index in [1.807, 2.05) is 18.2 Å². The van der Waals surface area contributed by atoms with Crippen LogP contribution in [-0.2, 0) is 11.2 Å². The van der Waals surface area contributed by atoms with Gasteiger partial charge in [-0.15, -0.1) is 11.3 Å². The second kappa shape index (κ2) is 10.1. The van der Waals surface area contributed by atoms with Crippen LogP contribution < -0.4 is 14.8 Å². The summed E-state index contributed by atoms with van der Waals surface area (Å²) in [5.74, 6) is 1.32. The highest BCUT2D eigenvalue weighted by Crippen LogP contribution is 2.30. The van der Waals surface area contributed by atoms with E-state index in [1.54, 1.807) is 25.6 Å². The molecule has 0 unspecified atom stereocenters. The lowest BCUT2D eigenvalue weighted by Crippen LogP contribution is -2.51. The zero-order chi connectivity index (χ0) is 20.8. The van der Waals surface area contributed by atoms with Gasteiger partial charge in [-0.05, 0) is 43.1 Å². The van der Waals surface area contributed by atoms with Crippen LogP contribution in [0.4, 0.5) is 0 Å². The number of nitrogens with zero attached hydrogens (tertiary/aromatic N) is 2. The Labute approximate surface area is 177 Å². The van der Waals surface area contributed by atoms with Gasteiger partial charge >= 0.3 is 0 Å². The summed E-state index contributed by atoms with van der Waals surface area (Å²) in [4.78, 5) is 18.9. The lowest BCUT2D eigenvalue weighted by atomic mass is 10.0. The standard InChI is InChI=1S/C22H31N3O3S/c1-16(22(20-6-5-13-29-20)25-11-9-24(2)10-12-25)23-21(26)15-17-7-8-18(27-3)19(14-17)28-4/h5-8,13-14,16,22H,9-12,15H2,1-4H3,(H,23,26)/t16-,22-/m1/s1. The van der Waals surface area contributed by atoms with E-state index in [-0.39, 0.29) is 18.0 Å². The zero-order valence-electron chi connectivity index (χ0n) is 17.7. The van der Waals surface area contributed by atoms with Crippen molar-refractivity contribution in [2.45, 2.75) is 25.4 Å². The summed E-state index contributed by atoms with van der Waals surface area (Å²) >= 11 is 1.76. The van der Waals surface area contributed by atoms with Crippen molar-refractivity contribution in [1.29, 1.82) is 0 Å². The first kappa shape index (κ1) is 21.6. The molecule has 1 saturated heterocycles. The number of thiophene rings is 1. The molecular weight excluding hydrogens is 386 g/mol. The second-order valence-electron chi connectivity index (χ2n) is 7.52. The molecule has 158 valence electrons. The number of carbonyl (C=O) groups excluding carboxylic acids is 1. The number of amides is 1. The Bertz CT molecular complexity index is 789. The van der Waals surface area contributed by atoms with Crippen molar-refractivity contribution in [3.63, 3.8) is 0 Å². The van der Waals surface area contributed by atoms with E-state index in [4.69, 9.17) is 9.47 Å². The Kier molecular flexibility index (Phi) is 7.52. The zero-order valence-corrected chi connectivity index (χ0v) is 18.5. The van der Waals surface area contributed by atoms with Crippen LogP contribution in [0.25, 0.3) is 0 Å². The van der Waals surface area contributed by atoms with Crippen LogP contribution in [0.1, 0.15) is 23.4 Å². The minimum Gasteiger partial charge on any atom is -0.493 e. The molecule has 0 saturated carbocycles. The van der Waals surface area contributed by atoms with Gasteiger partial charge in [0.2, 0.25) is 5.91 Å². The summed E-state index contributed by atoms with van der Waals surface area (Å²) in [7, 11) is 5.37. The molecule has 6 nitrogen and oxygen atoms in total. The van der Waals surface area contributed by atoms with Crippen LogP contribution in [0.3, 0.4) is 0 Å². The van der Waals surface area contributed by atoms with Crippen LogP contribution in [0, 0.1) is 0 Å². The lowest BCUT2D eigenvalue weighted by molar-refractivity contribution is -0.121. The number of carbonyl (C=O) groups is 1. The van der Waals surface area contributed by atoms with Gasteiger partial charge in [0.15, 0.2) is 11.5 Å². The Morgan fingerprint density at radius 3 is 2.48 bits per heavy atom. The molecule has 1 aliphatic heterocycles. The van der Waals surface area contributed by atoms with E-state index in [0.29, 0.717) is 17.9 Å². The summed E-state index contributed by atoms with van der Waals surface area (Å²) in [5, 5.41) is 5.34. The van der Waals surface area contributed by atoms with Gasteiger partial charge in [-0.2, -0.15) is 0 Å². The normalized spacial score (nSPS) is 17.5. The molecule has 7 heteroatoms. The SMILES string of the molecule is COc1ccc(CC(=O)N[C@H](C)[C@H](c2cccs2)N2CCN(C)CC2)cc1OC. The van der Waals surface area contributed by atoms with Gasteiger partial charge in [0.1, 0.15) is 0 Å². The molecular formula is C22H31N3O3S. The molecule has 1 aromatic carbocycles. The van der Waals surface area contributed by atoms with E-state index in [9.17, 15) is 4.79 Å². The van der Waals surface area contributed by atoms with Crippen molar-refractivity contribution in [3.05, 3.63) is 46.2 Å². The van der Waals surface area contributed by atoms with Crippen molar-refractivity contribution in [2.75, 3.05) is 47.4 Å². The molecule has 0 spiro atoms. The minimum atomic E-state index is 0.0143. The van der Waals surface area contributed by atoms with Gasteiger partial charge in [0, 0.05) is 37.1 Å². The summed E-state index contributed by atoms with van der Waals surface area (Å²) in [6.07, 6.45) is 0.310. The first-order valence-electron chi connectivity index (χ1n) is 9.98. The number of benzene rings is 1. The molecule has 1 fully saturated rings. The first-order valence-corrected chi connectivity index (χ1v) is 10.9. The van der Waals surface area contributed by atoms with Gasteiger partial charge in [-0.3, -0.25) is 9.69 Å². The largest absolute Gasteiger partial charge is 0.493 e. The number of likely N-dealkylation sites (N-methyl/N-ethyl adjacent to an activating group) is 1. The van der Waals surface area contributed by atoms with E-state index < -0.39 is 0 Å². The fourth-order valence-corrected chi connectivity index (χ4v) is 4.83. The molecule has 1 amide bonds. The maximum atomic E-state index is 12.8. The van der Waals surface area contributed by atoms with Crippen LogP contribution in [0.15, 0.2) is 35.7 Å². The lowest BCUT2D eigenvalue weighted by Gasteiger charge is -2.40. The Balaban J connectivity index is 1.67. The molecule has 1 aliphatic rings. The molecule has 2 atom stereocenters. The third-order valence-corrected chi connectivity index (χ3v) is 6.38. The molecule has 3 rings (SSSR count). The molecule has 29 heavy (non-hydrogen) atoms. The predicted molar refractivity (Wildman–Crippen MR) is 117 cm³/mol. The fourth-order valence-electron chi connectivity index (χ4n) is 3.86. The molecule has 0 radical (unpaired) electrons. The summed E-state index contributed by atoms with van der Waals surface area (Å²) < 4.78 is 10.6. The topological polar surface area (TPSA) is 54.0 Å². The first-order chi connectivity index (χ1) is 14.0. The predicted octanol–water partition coefficient (Wildman–Crippen LogP) is 2.80. The molecule has 1 aromatic heterocycles. The third-order valence-electron chi connectivity index (χ3n) is 5.44. The Morgan fingerprint density at radius 2 is 1.86 bits per heavy atom. The summed E-state index contributed by atoms with van der Waals surface area (Å²) in [5.41, 5.74) is 0.902. The average Bonchev–Trinajstić information content (AvgIpc) is 3.23. The van der Waals surface area contributed by atoms with Crippen LogP contribution in [0.5, 0.6) is 11.5 Å². The summed E-state index contributed by atoms with van der Waals surface area (Å²) in [6.45, 7) is 6.22. The van der Waals surface area contributed by atoms with Crippen LogP contribution in [-0.4, -0.2) is 69.2 Å². The molecule has 1 N–H and O–H groups in total. The number of piperazine rings is 1. The number of methoxy groups -OCH3 is 2. The molecule has 2 heterocycles. The van der Waals surface area contributed by atoms with E-state index in [0.717, 1.165) is 31.7 Å².